The summed E-state index contributed by atoms with van der Waals surface area (Å²) in [6, 6.07) is 0. The van der Waals surface area contributed by atoms with E-state index in [1.807, 2.05) is 12.2 Å². The van der Waals surface area contributed by atoms with E-state index in [9.17, 15) is 0 Å². The Morgan fingerprint density at radius 2 is 2.50 bits per heavy atom. The largest absolute Gasteiger partial charge is 0.389 e. The number of thiol groups is 1. The molecule has 0 saturated carbocycles. The molecular formula is C6H8OS. The van der Waals surface area contributed by atoms with E-state index in [4.69, 9.17) is 5.11 Å². The minimum atomic E-state index is -0.313. The molecule has 0 bridgehead atoms. The molecule has 8 heavy (non-hydrogen) atoms. The highest BCUT2D eigenvalue weighted by atomic mass is 32.1. The van der Waals surface area contributed by atoms with E-state index in [0.717, 1.165) is 4.91 Å². The van der Waals surface area contributed by atoms with Gasteiger partial charge in [0.15, 0.2) is 0 Å². The van der Waals surface area contributed by atoms with Crippen molar-refractivity contribution >= 4 is 12.6 Å². The summed E-state index contributed by atoms with van der Waals surface area (Å²) in [6.07, 6.45) is 5.80. The number of hydrogen-bond acceptors (Lipinski definition) is 2. The van der Waals surface area contributed by atoms with Crippen LogP contribution in [0.3, 0.4) is 0 Å². The third kappa shape index (κ3) is 1.39. The topological polar surface area (TPSA) is 20.2 Å². The van der Waals surface area contributed by atoms with E-state index in [2.05, 4.69) is 12.6 Å². The van der Waals surface area contributed by atoms with E-state index in [1.54, 1.807) is 6.08 Å². The Kier molecular flexibility index (Phi) is 1.76. The molecule has 0 heterocycles. The predicted octanol–water partition coefficient (Wildman–Crippen LogP) is 1.12. The number of aliphatic hydroxyl groups is 1. The molecule has 1 unspecified atom stereocenters. The molecule has 2 heteroatoms. The van der Waals surface area contributed by atoms with Gasteiger partial charge in [-0.2, -0.15) is 0 Å². The van der Waals surface area contributed by atoms with Gasteiger partial charge in [0.05, 0.1) is 6.10 Å². The molecule has 1 atom stereocenters. The van der Waals surface area contributed by atoms with Gasteiger partial charge in [-0.15, -0.1) is 12.6 Å². The standard InChI is InChI=1S/C6H8OS/c7-5-2-1-3-6(8)4-5/h1-3,5,7-8H,4H2. The van der Waals surface area contributed by atoms with E-state index in [1.165, 1.54) is 0 Å². The van der Waals surface area contributed by atoms with Crippen molar-refractivity contribution in [3.63, 3.8) is 0 Å². The van der Waals surface area contributed by atoms with Crippen molar-refractivity contribution in [3.05, 3.63) is 23.1 Å². The summed E-state index contributed by atoms with van der Waals surface area (Å²) in [5.41, 5.74) is 0. The van der Waals surface area contributed by atoms with E-state index in [-0.39, 0.29) is 6.10 Å². The van der Waals surface area contributed by atoms with Gasteiger partial charge in [0.2, 0.25) is 0 Å². The summed E-state index contributed by atoms with van der Waals surface area (Å²) in [5, 5.41) is 8.90. The Labute approximate surface area is 54.1 Å². The zero-order valence-electron chi connectivity index (χ0n) is 4.41. The fraction of sp³-hybridized carbons (Fsp3) is 0.333. The summed E-state index contributed by atoms with van der Waals surface area (Å²) < 4.78 is 0. The summed E-state index contributed by atoms with van der Waals surface area (Å²) in [6.45, 7) is 0. The van der Waals surface area contributed by atoms with Gasteiger partial charge in [-0.05, 0) is 4.91 Å². The van der Waals surface area contributed by atoms with Gasteiger partial charge in [-0.25, -0.2) is 0 Å². The molecule has 1 rings (SSSR count). The highest BCUT2D eigenvalue weighted by Crippen LogP contribution is 2.14. The second-order valence-electron chi connectivity index (χ2n) is 1.81. The SMILES string of the molecule is OC1C=CC=C(S)C1. The predicted molar refractivity (Wildman–Crippen MR) is 36.8 cm³/mol. The van der Waals surface area contributed by atoms with Gasteiger partial charge in [-0.3, -0.25) is 0 Å². The van der Waals surface area contributed by atoms with Gasteiger partial charge < -0.3 is 5.11 Å². The van der Waals surface area contributed by atoms with Gasteiger partial charge >= 0.3 is 0 Å². The Morgan fingerprint density at radius 1 is 1.75 bits per heavy atom. The fourth-order valence-corrected chi connectivity index (χ4v) is 0.918. The average Bonchev–Trinajstić information content (AvgIpc) is 1.64. The Morgan fingerprint density at radius 3 is 2.88 bits per heavy atom. The molecule has 0 fully saturated rings. The smallest absolute Gasteiger partial charge is 0.0769 e. The molecule has 0 radical (unpaired) electrons. The fourth-order valence-electron chi connectivity index (χ4n) is 0.645. The van der Waals surface area contributed by atoms with Crippen LogP contribution in [-0.4, -0.2) is 11.2 Å². The third-order valence-corrected chi connectivity index (χ3v) is 1.37. The Hall–Kier alpha value is -0.210. The lowest BCUT2D eigenvalue weighted by Crippen LogP contribution is -2.03. The van der Waals surface area contributed by atoms with Crippen LogP contribution in [0.4, 0.5) is 0 Å². The van der Waals surface area contributed by atoms with Crippen LogP contribution in [0.1, 0.15) is 6.42 Å². The minimum absolute atomic E-state index is 0.313. The molecule has 0 amide bonds. The first-order valence-corrected chi connectivity index (χ1v) is 2.98. The van der Waals surface area contributed by atoms with E-state index in [0.29, 0.717) is 6.42 Å². The molecule has 0 spiro atoms. The van der Waals surface area contributed by atoms with Crippen LogP contribution in [0.5, 0.6) is 0 Å². The van der Waals surface area contributed by atoms with Crippen LogP contribution in [0.25, 0.3) is 0 Å². The molecule has 0 aromatic rings. The highest BCUT2D eigenvalue weighted by molar-refractivity contribution is 7.84. The summed E-state index contributed by atoms with van der Waals surface area (Å²) in [5.74, 6) is 0. The third-order valence-electron chi connectivity index (χ3n) is 1.04. The van der Waals surface area contributed by atoms with Gasteiger partial charge in [-0.1, -0.05) is 18.2 Å². The van der Waals surface area contributed by atoms with Gasteiger partial charge in [0.25, 0.3) is 0 Å². The number of allylic oxidation sites excluding steroid dienone is 2. The lowest BCUT2D eigenvalue weighted by Gasteiger charge is -2.07. The summed E-state index contributed by atoms with van der Waals surface area (Å²) in [4.78, 5) is 0.944. The highest BCUT2D eigenvalue weighted by Gasteiger charge is 2.02. The van der Waals surface area contributed by atoms with Crippen LogP contribution < -0.4 is 0 Å². The zero-order chi connectivity index (χ0) is 5.98. The van der Waals surface area contributed by atoms with Crippen LogP contribution in [0.2, 0.25) is 0 Å². The molecule has 44 valence electrons. The summed E-state index contributed by atoms with van der Waals surface area (Å²) in [7, 11) is 0. The van der Waals surface area contributed by atoms with Gasteiger partial charge in [0, 0.05) is 6.42 Å². The van der Waals surface area contributed by atoms with E-state index >= 15 is 0 Å². The number of aliphatic hydroxyl groups excluding tert-OH is 1. The van der Waals surface area contributed by atoms with Crippen molar-refractivity contribution in [1.82, 2.24) is 0 Å². The Balaban J connectivity index is 2.59. The molecule has 1 aliphatic rings. The molecule has 1 nitrogen and oxygen atoms in total. The van der Waals surface area contributed by atoms with Crippen LogP contribution in [0, 0.1) is 0 Å². The second-order valence-corrected chi connectivity index (χ2v) is 2.39. The van der Waals surface area contributed by atoms with E-state index < -0.39 is 0 Å². The first-order valence-electron chi connectivity index (χ1n) is 2.53. The normalized spacial score (nSPS) is 27.8. The molecular weight excluding hydrogens is 120 g/mol. The molecule has 0 aliphatic heterocycles. The maximum Gasteiger partial charge on any atom is 0.0769 e. The van der Waals surface area contributed by atoms with Gasteiger partial charge in [0.1, 0.15) is 0 Å². The second kappa shape index (κ2) is 2.37. The van der Waals surface area contributed by atoms with Crippen LogP contribution in [0.15, 0.2) is 23.1 Å². The van der Waals surface area contributed by atoms with Crippen molar-refractivity contribution in [1.29, 1.82) is 0 Å². The van der Waals surface area contributed by atoms with Crippen LogP contribution >= 0.6 is 12.6 Å². The monoisotopic (exact) mass is 128 g/mol. The first-order chi connectivity index (χ1) is 3.79. The summed E-state index contributed by atoms with van der Waals surface area (Å²) >= 11 is 4.07. The molecule has 0 aromatic heterocycles. The zero-order valence-corrected chi connectivity index (χ0v) is 5.31. The lowest BCUT2D eigenvalue weighted by molar-refractivity contribution is 0.225. The van der Waals surface area contributed by atoms with Crippen molar-refractivity contribution < 1.29 is 5.11 Å². The minimum Gasteiger partial charge on any atom is -0.389 e. The molecule has 0 saturated heterocycles. The van der Waals surface area contributed by atoms with Crippen LogP contribution in [-0.2, 0) is 0 Å². The molecule has 1 aliphatic carbocycles. The Bertz CT molecular complexity index is 137. The average molecular weight is 128 g/mol. The quantitative estimate of drug-likeness (QED) is 0.468. The molecule has 1 N–H and O–H groups in total. The maximum atomic E-state index is 8.90. The molecule has 0 aromatic carbocycles. The van der Waals surface area contributed by atoms with Crippen molar-refractivity contribution in [2.45, 2.75) is 12.5 Å². The number of rotatable bonds is 0. The van der Waals surface area contributed by atoms with Crippen molar-refractivity contribution in [2.24, 2.45) is 0 Å². The van der Waals surface area contributed by atoms with Crippen molar-refractivity contribution in [3.8, 4) is 0 Å². The lowest BCUT2D eigenvalue weighted by atomic mass is 10.1. The first kappa shape index (κ1) is 5.92. The number of hydrogen-bond donors (Lipinski definition) is 2. The van der Waals surface area contributed by atoms with Crippen molar-refractivity contribution in [2.75, 3.05) is 0 Å². The maximum absolute atomic E-state index is 8.90.